The number of hydrogen-bond donors (Lipinski definition) is 2. The second-order valence-electron chi connectivity index (χ2n) is 7.72. The maximum atomic E-state index is 11.9. The predicted octanol–water partition coefficient (Wildman–Crippen LogP) is 7.08. The van der Waals surface area contributed by atoms with Gasteiger partial charge in [-0.15, -0.1) is 0 Å². The highest BCUT2D eigenvalue weighted by Crippen LogP contribution is 2.08. The average Bonchev–Trinajstić information content (AvgIpc) is 2.78. The van der Waals surface area contributed by atoms with Crippen molar-refractivity contribution in [3.05, 3.63) is 72.9 Å². The van der Waals surface area contributed by atoms with Gasteiger partial charge in [0.15, 0.2) is 0 Å². The number of amides is 1. The summed E-state index contributed by atoms with van der Waals surface area (Å²) in [7, 11) is 0. The first-order chi connectivity index (χ1) is 15.5. The normalized spacial score (nSPS) is 14.6. The van der Waals surface area contributed by atoms with E-state index < -0.39 is 12.0 Å². The SMILES string of the molecule is CC/C=C\C/C=C/C/C=C/C/C=C/C/C=C/C/C=C/CCC(=O)NC(C(=O)O)C(C)CC. The summed E-state index contributed by atoms with van der Waals surface area (Å²) in [6.45, 7) is 5.90. The van der Waals surface area contributed by atoms with Crippen molar-refractivity contribution in [2.75, 3.05) is 0 Å². The third-order valence-corrected chi connectivity index (χ3v) is 4.93. The van der Waals surface area contributed by atoms with Gasteiger partial charge in [-0.1, -0.05) is 100 Å². The molecular formula is C28H43NO3. The molecule has 0 aliphatic carbocycles. The quantitative estimate of drug-likeness (QED) is 0.223. The molecule has 0 bridgehead atoms. The van der Waals surface area contributed by atoms with Crippen molar-refractivity contribution < 1.29 is 14.7 Å². The standard InChI is InChI=1S/C28H43NO3/c1-4-6-7-8-9-10-11-12-13-14-15-16-17-18-19-20-21-22-23-24-26(30)29-27(28(31)32)25(3)5-2/h6-7,9-10,12-13,15-16,18-19,21-22,25,27H,4-5,8,11,14,17,20,23-24H2,1-3H3,(H,29,30)(H,31,32)/b7-6-,10-9+,13-12+,16-15+,19-18+,22-21+. The van der Waals surface area contributed by atoms with Crippen molar-refractivity contribution >= 4 is 11.9 Å². The van der Waals surface area contributed by atoms with E-state index in [2.05, 4.69) is 73.0 Å². The van der Waals surface area contributed by atoms with Crippen molar-refractivity contribution in [3.8, 4) is 0 Å². The van der Waals surface area contributed by atoms with Crippen LogP contribution in [0.25, 0.3) is 0 Å². The molecule has 0 aliphatic heterocycles. The third-order valence-electron chi connectivity index (χ3n) is 4.93. The zero-order valence-electron chi connectivity index (χ0n) is 20.2. The lowest BCUT2D eigenvalue weighted by atomic mass is 9.99. The number of carbonyl (C=O) groups is 2. The van der Waals surface area contributed by atoms with Crippen LogP contribution in [0, 0.1) is 5.92 Å². The fourth-order valence-corrected chi connectivity index (χ4v) is 2.78. The van der Waals surface area contributed by atoms with E-state index in [1.165, 1.54) is 0 Å². The fraction of sp³-hybridized carbons (Fsp3) is 0.500. The Kier molecular flexibility index (Phi) is 19.8. The lowest BCUT2D eigenvalue weighted by molar-refractivity contribution is -0.143. The van der Waals surface area contributed by atoms with Crippen LogP contribution >= 0.6 is 0 Å². The van der Waals surface area contributed by atoms with E-state index in [9.17, 15) is 14.7 Å². The van der Waals surface area contributed by atoms with E-state index >= 15 is 0 Å². The molecule has 2 atom stereocenters. The van der Waals surface area contributed by atoms with Crippen LogP contribution < -0.4 is 5.32 Å². The van der Waals surface area contributed by atoms with Gasteiger partial charge in [-0.3, -0.25) is 4.79 Å². The van der Waals surface area contributed by atoms with Crippen LogP contribution in [-0.4, -0.2) is 23.0 Å². The van der Waals surface area contributed by atoms with Crippen LogP contribution in [0.15, 0.2) is 72.9 Å². The zero-order valence-corrected chi connectivity index (χ0v) is 20.2. The minimum Gasteiger partial charge on any atom is -0.480 e. The third kappa shape index (κ3) is 18.2. The van der Waals surface area contributed by atoms with Gasteiger partial charge in [0.05, 0.1) is 0 Å². The van der Waals surface area contributed by atoms with Gasteiger partial charge in [0.2, 0.25) is 5.91 Å². The highest BCUT2D eigenvalue weighted by Gasteiger charge is 2.24. The summed E-state index contributed by atoms with van der Waals surface area (Å²) in [6, 6.07) is -0.808. The molecule has 0 rings (SSSR count). The zero-order chi connectivity index (χ0) is 23.9. The van der Waals surface area contributed by atoms with E-state index in [0.29, 0.717) is 19.3 Å². The summed E-state index contributed by atoms with van der Waals surface area (Å²) >= 11 is 0. The second-order valence-corrected chi connectivity index (χ2v) is 7.72. The summed E-state index contributed by atoms with van der Waals surface area (Å²) in [4.78, 5) is 23.2. The van der Waals surface area contributed by atoms with Gasteiger partial charge in [-0.25, -0.2) is 4.79 Å². The molecule has 0 aromatic heterocycles. The molecule has 4 nitrogen and oxygen atoms in total. The Morgan fingerprint density at radius 3 is 1.50 bits per heavy atom. The summed E-state index contributed by atoms with van der Waals surface area (Å²) in [5.41, 5.74) is 0. The van der Waals surface area contributed by atoms with Crippen molar-refractivity contribution in [2.45, 2.75) is 84.6 Å². The molecule has 0 spiro atoms. The van der Waals surface area contributed by atoms with Gasteiger partial charge < -0.3 is 10.4 Å². The Balaban J connectivity index is 3.81. The first-order valence-electron chi connectivity index (χ1n) is 11.9. The van der Waals surface area contributed by atoms with Crippen molar-refractivity contribution in [1.82, 2.24) is 5.32 Å². The first kappa shape index (κ1) is 29.4. The van der Waals surface area contributed by atoms with Gasteiger partial charge >= 0.3 is 5.97 Å². The molecule has 0 aromatic carbocycles. The lowest BCUT2D eigenvalue weighted by Crippen LogP contribution is -2.44. The minimum atomic E-state index is -0.971. The first-order valence-corrected chi connectivity index (χ1v) is 11.9. The monoisotopic (exact) mass is 441 g/mol. The molecule has 0 saturated carbocycles. The van der Waals surface area contributed by atoms with Crippen molar-refractivity contribution in [3.63, 3.8) is 0 Å². The number of hydrogen-bond acceptors (Lipinski definition) is 2. The minimum absolute atomic E-state index is 0.0812. The molecule has 2 N–H and O–H groups in total. The highest BCUT2D eigenvalue weighted by molar-refractivity contribution is 5.83. The maximum Gasteiger partial charge on any atom is 0.326 e. The number of carboxylic acids is 1. The van der Waals surface area contributed by atoms with E-state index in [0.717, 1.165) is 38.5 Å². The van der Waals surface area contributed by atoms with Gasteiger partial charge in [-0.2, -0.15) is 0 Å². The molecule has 32 heavy (non-hydrogen) atoms. The van der Waals surface area contributed by atoms with Crippen LogP contribution in [0.1, 0.15) is 78.6 Å². The molecule has 0 fully saturated rings. The molecule has 178 valence electrons. The lowest BCUT2D eigenvalue weighted by Gasteiger charge is -2.19. The van der Waals surface area contributed by atoms with Gasteiger partial charge in [0.1, 0.15) is 6.04 Å². The molecule has 0 heterocycles. The molecule has 0 saturated heterocycles. The maximum absolute atomic E-state index is 11.9. The summed E-state index contributed by atoms with van der Waals surface area (Å²) in [5.74, 6) is -1.26. The molecule has 0 aromatic rings. The number of allylic oxidation sites excluding steroid dienone is 12. The number of aliphatic carboxylic acids is 1. The Labute approximate surface area is 195 Å². The number of carboxylic acid groups (broad SMARTS) is 1. The highest BCUT2D eigenvalue weighted by atomic mass is 16.4. The van der Waals surface area contributed by atoms with E-state index in [1.54, 1.807) is 0 Å². The van der Waals surface area contributed by atoms with E-state index in [-0.39, 0.29) is 11.8 Å². The van der Waals surface area contributed by atoms with Gasteiger partial charge in [0.25, 0.3) is 0 Å². The van der Waals surface area contributed by atoms with Crippen LogP contribution in [0.4, 0.5) is 0 Å². The Morgan fingerprint density at radius 2 is 1.12 bits per heavy atom. The number of carbonyl (C=O) groups excluding carboxylic acids is 1. The van der Waals surface area contributed by atoms with E-state index in [4.69, 9.17) is 0 Å². The summed E-state index contributed by atoms with van der Waals surface area (Å²) in [6.07, 6.45) is 33.2. The number of nitrogens with one attached hydrogen (secondary N) is 1. The molecule has 4 heteroatoms. The number of rotatable bonds is 18. The topological polar surface area (TPSA) is 66.4 Å². The average molecular weight is 442 g/mol. The van der Waals surface area contributed by atoms with Crippen LogP contribution in [0.3, 0.4) is 0 Å². The van der Waals surface area contributed by atoms with Crippen molar-refractivity contribution in [2.24, 2.45) is 5.92 Å². The van der Waals surface area contributed by atoms with Gasteiger partial charge in [0, 0.05) is 6.42 Å². The molecule has 2 unspecified atom stereocenters. The second kappa shape index (κ2) is 21.6. The van der Waals surface area contributed by atoms with Crippen molar-refractivity contribution in [1.29, 1.82) is 0 Å². The van der Waals surface area contributed by atoms with Crippen LogP contribution in [0.5, 0.6) is 0 Å². The largest absolute Gasteiger partial charge is 0.480 e. The molecular weight excluding hydrogens is 398 g/mol. The van der Waals surface area contributed by atoms with E-state index in [1.807, 2.05) is 26.0 Å². The van der Waals surface area contributed by atoms with Gasteiger partial charge in [-0.05, 0) is 50.9 Å². The Bertz CT molecular complexity index is 668. The van der Waals surface area contributed by atoms with Crippen LogP contribution in [0.2, 0.25) is 0 Å². The smallest absolute Gasteiger partial charge is 0.326 e. The van der Waals surface area contributed by atoms with Crippen LogP contribution in [-0.2, 0) is 9.59 Å². The molecule has 0 radical (unpaired) electrons. The molecule has 1 amide bonds. The Morgan fingerprint density at radius 1 is 0.719 bits per heavy atom. The fourth-order valence-electron chi connectivity index (χ4n) is 2.78. The summed E-state index contributed by atoms with van der Waals surface area (Å²) in [5, 5.41) is 11.8. The molecule has 0 aliphatic rings. The predicted molar refractivity (Wildman–Crippen MR) is 136 cm³/mol. The summed E-state index contributed by atoms with van der Waals surface area (Å²) < 4.78 is 0. The Hall–Kier alpha value is -2.62.